The lowest BCUT2D eigenvalue weighted by molar-refractivity contribution is 0.339. The van der Waals surface area contributed by atoms with Crippen LogP contribution in [-0.2, 0) is 6.42 Å². The summed E-state index contributed by atoms with van der Waals surface area (Å²) in [5, 5.41) is 8.16. The molecule has 0 saturated carbocycles. The van der Waals surface area contributed by atoms with Crippen LogP contribution in [0.15, 0.2) is 24.4 Å². The third-order valence-electron chi connectivity index (χ3n) is 4.59. The molecule has 1 saturated heterocycles. The third kappa shape index (κ3) is 3.22. The molecule has 2 unspecified atom stereocenters. The molecule has 0 bridgehead atoms. The molecule has 1 aliphatic rings. The first-order valence-corrected chi connectivity index (χ1v) is 8.49. The molecule has 9 nitrogen and oxygen atoms in total. The molecule has 4 rings (SSSR count). The van der Waals surface area contributed by atoms with E-state index >= 15 is 0 Å². The largest absolute Gasteiger partial charge is 0.368 e. The van der Waals surface area contributed by atoms with Crippen molar-refractivity contribution < 1.29 is 0 Å². The van der Waals surface area contributed by atoms with Gasteiger partial charge in [-0.2, -0.15) is 19.5 Å². The van der Waals surface area contributed by atoms with E-state index in [-0.39, 0.29) is 17.8 Å². The average molecular weight is 339 g/mol. The number of nitrogens with zero attached hydrogens (tertiary/aromatic N) is 6. The van der Waals surface area contributed by atoms with Gasteiger partial charge >= 0.3 is 0 Å². The van der Waals surface area contributed by atoms with Crippen LogP contribution in [0.4, 0.5) is 11.9 Å². The van der Waals surface area contributed by atoms with Gasteiger partial charge in [0.25, 0.3) is 5.78 Å². The van der Waals surface area contributed by atoms with Crippen molar-refractivity contribution in [1.29, 1.82) is 0 Å². The first-order valence-electron chi connectivity index (χ1n) is 8.49. The van der Waals surface area contributed by atoms with E-state index in [9.17, 15) is 0 Å². The Kier molecular flexibility index (Phi) is 4.14. The van der Waals surface area contributed by atoms with E-state index in [1.54, 1.807) is 0 Å². The summed E-state index contributed by atoms with van der Waals surface area (Å²) in [4.78, 5) is 17.1. The van der Waals surface area contributed by atoms with Gasteiger partial charge in [0.2, 0.25) is 11.9 Å². The number of fused-ring (bicyclic) bond motifs is 1. The van der Waals surface area contributed by atoms with Gasteiger partial charge in [-0.3, -0.25) is 4.98 Å². The second-order valence-corrected chi connectivity index (χ2v) is 6.31. The minimum Gasteiger partial charge on any atom is -0.368 e. The van der Waals surface area contributed by atoms with Crippen LogP contribution in [0.25, 0.3) is 5.78 Å². The summed E-state index contributed by atoms with van der Waals surface area (Å²) in [6, 6.07) is 6.23. The number of aromatic nitrogens is 6. The standard InChI is InChI=1S/C16H21N9/c17-14-22-15(18)25-16(23-14)21-13(24-25)11(12-6-2-4-8-20-12)9-10-5-1-3-7-19-10/h1,3,5,7,11-12,20H,2,4,6,8-9H2,(H4,17,18,21,22,23,24). The molecule has 2 atom stereocenters. The van der Waals surface area contributed by atoms with Crippen molar-refractivity contribution >= 4 is 17.7 Å². The van der Waals surface area contributed by atoms with Gasteiger partial charge in [0, 0.05) is 30.3 Å². The van der Waals surface area contributed by atoms with Crippen molar-refractivity contribution in [2.75, 3.05) is 18.0 Å². The van der Waals surface area contributed by atoms with Gasteiger partial charge in [0.05, 0.1) is 0 Å². The normalized spacial score (nSPS) is 19.1. The summed E-state index contributed by atoms with van der Waals surface area (Å²) < 4.78 is 1.44. The zero-order valence-electron chi connectivity index (χ0n) is 13.8. The molecule has 0 aliphatic carbocycles. The SMILES string of the molecule is Nc1nc(N)n2nc(C(Cc3ccccn3)C3CCCCN3)nc2n1. The van der Waals surface area contributed by atoms with Crippen LogP contribution in [0.1, 0.15) is 36.7 Å². The van der Waals surface area contributed by atoms with E-state index in [0.717, 1.165) is 25.1 Å². The molecular formula is C16H21N9. The summed E-state index contributed by atoms with van der Waals surface area (Å²) in [6.45, 7) is 1.01. The van der Waals surface area contributed by atoms with E-state index < -0.39 is 0 Å². The highest BCUT2D eigenvalue weighted by molar-refractivity contribution is 5.40. The lowest BCUT2D eigenvalue weighted by Crippen LogP contribution is -2.40. The summed E-state index contributed by atoms with van der Waals surface area (Å²) in [7, 11) is 0. The number of pyridine rings is 1. The molecule has 1 fully saturated rings. The van der Waals surface area contributed by atoms with Crippen LogP contribution in [0.2, 0.25) is 0 Å². The predicted molar refractivity (Wildman–Crippen MR) is 93.7 cm³/mol. The van der Waals surface area contributed by atoms with Gasteiger partial charge in [-0.1, -0.05) is 12.5 Å². The first kappa shape index (κ1) is 15.7. The van der Waals surface area contributed by atoms with Gasteiger partial charge in [-0.25, -0.2) is 0 Å². The van der Waals surface area contributed by atoms with Gasteiger partial charge in [0.1, 0.15) is 0 Å². The Labute approximate surface area is 144 Å². The lowest BCUT2D eigenvalue weighted by atomic mass is 9.88. The predicted octanol–water partition coefficient (Wildman–Crippen LogP) is 0.547. The maximum Gasteiger partial charge on any atom is 0.258 e. The van der Waals surface area contributed by atoms with Gasteiger partial charge in [-0.05, 0) is 31.5 Å². The number of nitrogens with one attached hydrogen (secondary N) is 1. The first-order chi connectivity index (χ1) is 12.2. The van der Waals surface area contributed by atoms with Gasteiger partial charge in [-0.15, -0.1) is 5.10 Å². The molecule has 1 aliphatic heterocycles. The molecule has 9 heteroatoms. The third-order valence-corrected chi connectivity index (χ3v) is 4.59. The lowest BCUT2D eigenvalue weighted by Gasteiger charge is -2.29. The van der Waals surface area contributed by atoms with Crippen molar-refractivity contribution in [3.63, 3.8) is 0 Å². The van der Waals surface area contributed by atoms with E-state index in [1.807, 2.05) is 24.4 Å². The Balaban J connectivity index is 1.72. The van der Waals surface area contributed by atoms with Crippen molar-refractivity contribution in [1.82, 2.24) is 34.9 Å². The Morgan fingerprint density at radius 3 is 2.88 bits per heavy atom. The van der Waals surface area contributed by atoms with Crippen LogP contribution in [-0.4, -0.2) is 42.1 Å². The molecule has 3 aromatic heterocycles. The number of nitrogen functional groups attached to an aromatic ring is 2. The smallest absolute Gasteiger partial charge is 0.258 e. The van der Waals surface area contributed by atoms with Crippen LogP contribution >= 0.6 is 0 Å². The van der Waals surface area contributed by atoms with E-state index in [0.29, 0.717) is 17.6 Å². The quantitative estimate of drug-likeness (QED) is 0.627. The number of rotatable bonds is 4. The number of nitrogens with two attached hydrogens (primary N) is 2. The highest BCUT2D eigenvalue weighted by atomic mass is 15.4. The Morgan fingerprint density at radius 1 is 1.20 bits per heavy atom. The van der Waals surface area contributed by atoms with Crippen molar-refractivity contribution in [3.05, 3.63) is 35.9 Å². The number of piperidine rings is 1. The van der Waals surface area contributed by atoms with E-state index in [4.69, 9.17) is 11.5 Å². The number of anilines is 2. The molecule has 0 amide bonds. The number of hydrogen-bond donors (Lipinski definition) is 3. The zero-order valence-corrected chi connectivity index (χ0v) is 13.8. The van der Waals surface area contributed by atoms with E-state index in [2.05, 4.69) is 30.4 Å². The Morgan fingerprint density at radius 2 is 2.12 bits per heavy atom. The fraction of sp³-hybridized carbons (Fsp3) is 0.438. The van der Waals surface area contributed by atoms with Crippen molar-refractivity contribution in [2.45, 2.75) is 37.6 Å². The molecule has 3 aromatic rings. The fourth-order valence-electron chi connectivity index (χ4n) is 3.37. The van der Waals surface area contributed by atoms with E-state index in [1.165, 1.54) is 17.4 Å². The molecule has 130 valence electrons. The second-order valence-electron chi connectivity index (χ2n) is 6.31. The maximum absolute atomic E-state index is 5.90. The monoisotopic (exact) mass is 339 g/mol. The minimum atomic E-state index is 0.0810. The molecule has 0 spiro atoms. The molecule has 4 heterocycles. The Hall–Kier alpha value is -2.81. The Bertz CT molecular complexity index is 855. The summed E-state index contributed by atoms with van der Waals surface area (Å²) in [5.41, 5.74) is 12.6. The average Bonchev–Trinajstić information content (AvgIpc) is 3.05. The minimum absolute atomic E-state index is 0.0810. The van der Waals surface area contributed by atoms with Crippen molar-refractivity contribution in [2.24, 2.45) is 0 Å². The van der Waals surface area contributed by atoms with Crippen LogP contribution < -0.4 is 16.8 Å². The fourth-order valence-corrected chi connectivity index (χ4v) is 3.37. The zero-order chi connectivity index (χ0) is 17.2. The summed E-state index contributed by atoms with van der Waals surface area (Å²) >= 11 is 0. The molecular weight excluding hydrogens is 318 g/mol. The summed E-state index contributed by atoms with van der Waals surface area (Å²) in [5.74, 6) is 1.44. The molecule has 0 aromatic carbocycles. The summed E-state index contributed by atoms with van der Waals surface area (Å²) in [6.07, 6.45) is 6.02. The van der Waals surface area contributed by atoms with Crippen molar-refractivity contribution in [3.8, 4) is 0 Å². The maximum atomic E-state index is 5.90. The second kappa shape index (κ2) is 6.60. The molecule has 0 radical (unpaired) electrons. The van der Waals surface area contributed by atoms with Crippen LogP contribution in [0.3, 0.4) is 0 Å². The topological polar surface area (TPSA) is 133 Å². The molecule has 5 N–H and O–H groups in total. The van der Waals surface area contributed by atoms with Crippen LogP contribution in [0, 0.1) is 0 Å². The molecule has 25 heavy (non-hydrogen) atoms. The highest BCUT2D eigenvalue weighted by Gasteiger charge is 2.29. The highest BCUT2D eigenvalue weighted by Crippen LogP contribution is 2.27. The van der Waals surface area contributed by atoms with Gasteiger partial charge in [0.15, 0.2) is 5.82 Å². The number of hydrogen-bond acceptors (Lipinski definition) is 8. The van der Waals surface area contributed by atoms with Gasteiger partial charge < -0.3 is 16.8 Å². The van der Waals surface area contributed by atoms with Crippen LogP contribution in [0.5, 0.6) is 0 Å².